The van der Waals surface area contributed by atoms with E-state index in [1.165, 1.54) is 18.4 Å². The molecule has 0 aliphatic carbocycles. The lowest BCUT2D eigenvalue weighted by molar-refractivity contribution is -0.116. The Bertz CT molecular complexity index is 896. The van der Waals surface area contributed by atoms with Crippen LogP contribution < -0.4 is 5.32 Å². The van der Waals surface area contributed by atoms with E-state index >= 15 is 0 Å². The van der Waals surface area contributed by atoms with Crippen molar-refractivity contribution in [1.29, 1.82) is 0 Å². The number of hydrogen-bond donors (Lipinski definition) is 1. The molecule has 1 unspecified atom stereocenters. The molecule has 0 saturated carbocycles. The third-order valence-corrected chi connectivity index (χ3v) is 5.92. The number of benzene rings is 2. The fourth-order valence-corrected chi connectivity index (χ4v) is 4.42. The molecule has 3 aromatic rings. The topological polar surface area (TPSA) is 45.2 Å². The average molecular weight is 378 g/mol. The zero-order chi connectivity index (χ0) is 18.5. The third-order valence-electron chi connectivity index (χ3n) is 4.92. The Morgan fingerprint density at radius 3 is 2.63 bits per heavy atom. The maximum Gasteiger partial charge on any atom is 0.244 e. The summed E-state index contributed by atoms with van der Waals surface area (Å²) in [4.78, 5) is 19.3. The number of thiazole rings is 1. The van der Waals surface area contributed by atoms with Gasteiger partial charge in [-0.05, 0) is 49.7 Å². The fourth-order valence-electron chi connectivity index (χ4n) is 3.55. The van der Waals surface area contributed by atoms with Crippen molar-refractivity contribution in [3.63, 3.8) is 0 Å². The van der Waals surface area contributed by atoms with E-state index in [-0.39, 0.29) is 11.9 Å². The van der Waals surface area contributed by atoms with Crippen LogP contribution in [0, 0.1) is 0 Å². The largest absolute Gasteiger partial charge is 0.351 e. The van der Waals surface area contributed by atoms with Crippen LogP contribution in [0.4, 0.5) is 0 Å². The zero-order valence-corrected chi connectivity index (χ0v) is 16.0. The van der Waals surface area contributed by atoms with E-state index in [2.05, 4.69) is 39.5 Å². The molecule has 0 radical (unpaired) electrons. The quantitative estimate of drug-likeness (QED) is 0.653. The van der Waals surface area contributed by atoms with Crippen molar-refractivity contribution in [1.82, 2.24) is 15.2 Å². The predicted octanol–water partition coefficient (Wildman–Crippen LogP) is 4.26. The van der Waals surface area contributed by atoms with Gasteiger partial charge < -0.3 is 5.32 Å². The van der Waals surface area contributed by atoms with Gasteiger partial charge in [-0.15, -0.1) is 11.3 Å². The number of nitrogens with zero attached hydrogens (tertiary/aromatic N) is 2. The SMILES string of the molecule is O=C(/C=C/c1nc2ccccc2s1)NCC(c1ccccc1)N1CCCC1. The first-order chi connectivity index (χ1) is 13.3. The Balaban J connectivity index is 1.40. The molecule has 5 heteroatoms. The average Bonchev–Trinajstić information content (AvgIpc) is 3.37. The molecule has 27 heavy (non-hydrogen) atoms. The molecule has 1 aromatic heterocycles. The van der Waals surface area contributed by atoms with Crippen molar-refractivity contribution in [3.8, 4) is 0 Å². The second kappa shape index (κ2) is 8.46. The minimum Gasteiger partial charge on any atom is -0.351 e. The molecule has 1 amide bonds. The predicted molar refractivity (Wildman–Crippen MR) is 112 cm³/mol. The molecule has 0 spiro atoms. The highest BCUT2D eigenvalue weighted by atomic mass is 32.1. The number of amides is 1. The summed E-state index contributed by atoms with van der Waals surface area (Å²) in [7, 11) is 0. The lowest BCUT2D eigenvalue weighted by atomic mass is 10.1. The van der Waals surface area contributed by atoms with Crippen molar-refractivity contribution < 1.29 is 4.79 Å². The van der Waals surface area contributed by atoms with Crippen LogP contribution in [-0.4, -0.2) is 35.4 Å². The van der Waals surface area contributed by atoms with Gasteiger partial charge in [0, 0.05) is 12.6 Å². The maximum atomic E-state index is 12.3. The van der Waals surface area contributed by atoms with Gasteiger partial charge in [-0.1, -0.05) is 42.5 Å². The summed E-state index contributed by atoms with van der Waals surface area (Å²) >= 11 is 1.59. The van der Waals surface area contributed by atoms with Crippen LogP contribution in [0.2, 0.25) is 0 Å². The molecule has 1 N–H and O–H groups in total. The third kappa shape index (κ3) is 4.43. The van der Waals surface area contributed by atoms with Crippen LogP contribution in [0.25, 0.3) is 16.3 Å². The maximum absolute atomic E-state index is 12.3. The Morgan fingerprint density at radius 1 is 1.11 bits per heavy atom. The number of fused-ring (bicyclic) bond motifs is 1. The molecule has 4 nitrogen and oxygen atoms in total. The molecule has 4 rings (SSSR count). The summed E-state index contributed by atoms with van der Waals surface area (Å²) in [5, 5.41) is 3.92. The monoisotopic (exact) mass is 377 g/mol. The standard InChI is InChI=1S/C22H23N3OS/c26-21(12-13-22-24-18-10-4-5-11-20(18)27-22)23-16-19(25-14-6-7-15-25)17-8-2-1-3-9-17/h1-5,8-13,19H,6-7,14-16H2,(H,23,26)/b13-12+. The first-order valence-electron chi connectivity index (χ1n) is 9.40. The van der Waals surface area contributed by atoms with Gasteiger partial charge in [-0.25, -0.2) is 4.98 Å². The summed E-state index contributed by atoms with van der Waals surface area (Å²) in [5.41, 5.74) is 2.23. The van der Waals surface area contributed by atoms with E-state index in [1.54, 1.807) is 23.5 Å². The minimum atomic E-state index is -0.0746. The molecule has 1 fully saturated rings. The van der Waals surface area contributed by atoms with Crippen LogP contribution in [0.5, 0.6) is 0 Å². The van der Waals surface area contributed by atoms with E-state index in [1.807, 2.05) is 30.3 Å². The van der Waals surface area contributed by atoms with Crippen molar-refractivity contribution >= 4 is 33.5 Å². The molecule has 0 bridgehead atoms. The van der Waals surface area contributed by atoms with Crippen molar-refractivity contribution in [2.24, 2.45) is 0 Å². The Morgan fingerprint density at radius 2 is 1.85 bits per heavy atom. The smallest absolute Gasteiger partial charge is 0.244 e. The summed E-state index contributed by atoms with van der Waals surface area (Å²) in [6.45, 7) is 2.81. The van der Waals surface area contributed by atoms with E-state index in [0.29, 0.717) is 6.54 Å². The summed E-state index contributed by atoms with van der Waals surface area (Å²) < 4.78 is 1.13. The Kier molecular flexibility index (Phi) is 5.61. The summed E-state index contributed by atoms with van der Waals surface area (Å²) in [6, 6.07) is 18.7. The van der Waals surface area contributed by atoms with Gasteiger partial charge in [-0.2, -0.15) is 0 Å². The summed E-state index contributed by atoms with van der Waals surface area (Å²) in [5.74, 6) is -0.0746. The molecule has 1 aliphatic rings. The van der Waals surface area contributed by atoms with E-state index in [9.17, 15) is 4.79 Å². The number of nitrogens with one attached hydrogen (secondary N) is 1. The number of likely N-dealkylation sites (tertiary alicyclic amines) is 1. The number of rotatable bonds is 6. The van der Waals surface area contributed by atoms with Gasteiger partial charge in [0.25, 0.3) is 0 Å². The molecule has 2 heterocycles. The van der Waals surface area contributed by atoms with Crippen molar-refractivity contribution in [3.05, 3.63) is 71.2 Å². The zero-order valence-electron chi connectivity index (χ0n) is 15.2. The molecule has 138 valence electrons. The van der Waals surface area contributed by atoms with Crippen LogP contribution >= 0.6 is 11.3 Å². The normalized spacial score (nSPS) is 16.1. The molecular formula is C22H23N3OS. The van der Waals surface area contributed by atoms with E-state index < -0.39 is 0 Å². The number of carbonyl (C=O) groups is 1. The number of carbonyl (C=O) groups excluding carboxylic acids is 1. The fraction of sp³-hybridized carbons (Fsp3) is 0.273. The number of hydrogen-bond acceptors (Lipinski definition) is 4. The van der Waals surface area contributed by atoms with Gasteiger partial charge >= 0.3 is 0 Å². The van der Waals surface area contributed by atoms with Crippen LogP contribution in [0.1, 0.15) is 29.5 Å². The second-order valence-electron chi connectivity index (χ2n) is 6.77. The lowest BCUT2D eigenvalue weighted by Gasteiger charge is -2.28. The highest BCUT2D eigenvalue weighted by Crippen LogP contribution is 2.25. The lowest BCUT2D eigenvalue weighted by Crippen LogP contribution is -2.36. The molecule has 2 aromatic carbocycles. The molecule has 1 saturated heterocycles. The van der Waals surface area contributed by atoms with Crippen LogP contribution in [0.15, 0.2) is 60.7 Å². The van der Waals surface area contributed by atoms with Gasteiger partial charge in [-0.3, -0.25) is 9.69 Å². The Hall–Kier alpha value is -2.50. The summed E-state index contributed by atoms with van der Waals surface area (Å²) in [6.07, 6.45) is 5.85. The highest BCUT2D eigenvalue weighted by Gasteiger charge is 2.23. The first kappa shape index (κ1) is 17.9. The molecular weight excluding hydrogens is 354 g/mol. The minimum absolute atomic E-state index is 0.0746. The first-order valence-corrected chi connectivity index (χ1v) is 10.2. The second-order valence-corrected chi connectivity index (χ2v) is 7.83. The number of para-hydroxylation sites is 1. The van der Waals surface area contributed by atoms with Gasteiger partial charge in [0.1, 0.15) is 5.01 Å². The van der Waals surface area contributed by atoms with Crippen molar-refractivity contribution in [2.45, 2.75) is 18.9 Å². The van der Waals surface area contributed by atoms with Gasteiger partial charge in [0.05, 0.1) is 16.3 Å². The van der Waals surface area contributed by atoms with Gasteiger partial charge in [0.15, 0.2) is 0 Å². The number of aromatic nitrogens is 1. The highest BCUT2D eigenvalue weighted by molar-refractivity contribution is 7.19. The van der Waals surface area contributed by atoms with E-state index in [0.717, 1.165) is 28.3 Å². The Labute approximate surface area is 163 Å². The van der Waals surface area contributed by atoms with Crippen LogP contribution in [-0.2, 0) is 4.79 Å². The van der Waals surface area contributed by atoms with Gasteiger partial charge in [0.2, 0.25) is 5.91 Å². The van der Waals surface area contributed by atoms with Crippen molar-refractivity contribution in [2.75, 3.05) is 19.6 Å². The molecule has 1 aliphatic heterocycles. The molecule has 1 atom stereocenters. The van der Waals surface area contributed by atoms with Crippen LogP contribution in [0.3, 0.4) is 0 Å². The van der Waals surface area contributed by atoms with E-state index in [4.69, 9.17) is 0 Å².